The monoisotopic (exact) mass is 215 g/mol. The lowest BCUT2D eigenvalue weighted by Gasteiger charge is -2.33. The van der Waals surface area contributed by atoms with E-state index in [0.717, 1.165) is 6.07 Å². The van der Waals surface area contributed by atoms with Crippen molar-refractivity contribution in [3.05, 3.63) is 29.8 Å². The normalized spacial score (nSPS) is 21.8. The van der Waals surface area contributed by atoms with Gasteiger partial charge < -0.3 is 14.7 Å². The van der Waals surface area contributed by atoms with Crippen LogP contribution in [0.1, 0.15) is 0 Å². The summed E-state index contributed by atoms with van der Waals surface area (Å²) in [4.78, 5) is 1.51. The van der Waals surface area contributed by atoms with E-state index in [1.165, 1.54) is 17.0 Å². The van der Waals surface area contributed by atoms with Gasteiger partial charge in [-0.15, -0.1) is 0 Å². The second-order valence-corrected chi connectivity index (χ2v) is 3.38. The Morgan fingerprint density at radius 1 is 1.27 bits per heavy atom. The van der Waals surface area contributed by atoms with Gasteiger partial charge in [0.15, 0.2) is 6.23 Å². The highest BCUT2D eigenvalue weighted by Crippen LogP contribution is 2.21. The molecule has 1 unspecified atom stereocenters. The Balaban J connectivity index is 2.27. The molecule has 0 bridgehead atoms. The van der Waals surface area contributed by atoms with Crippen molar-refractivity contribution in [3.63, 3.8) is 0 Å². The fraction of sp³-hybridized carbons (Fsp3) is 0.400. The summed E-state index contributed by atoms with van der Waals surface area (Å²) in [5.74, 6) is -1.30. The molecule has 0 aromatic heterocycles. The Bertz CT molecular complexity index is 339. The van der Waals surface area contributed by atoms with E-state index >= 15 is 0 Å². The zero-order chi connectivity index (χ0) is 10.8. The van der Waals surface area contributed by atoms with Gasteiger partial charge >= 0.3 is 0 Å². The van der Waals surface area contributed by atoms with Gasteiger partial charge in [-0.25, -0.2) is 8.78 Å². The first-order chi connectivity index (χ1) is 7.16. The maximum absolute atomic E-state index is 12.9. The minimum atomic E-state index is -0.847. The summed E-state index contributed by atoms with van der Waals surface area (Å²) >= 11 is 0. The lowest BCUT2D eigenvalue weighted by molar-refractivity contribution is 0.00627. The van der Waals surface area contributed by atoms with Gasteiger partial charge in [-0.2, -0.15) is 0 Å². The first kappa shape index (κ1) is 10.3. The Labute approximate surface area is 85.9 Å². The molecule has 2 rings (SSSR count). The molecule has 1 aliphatic rings. The van der Waals surface area contributed by atoms with Gasteiger partial charge in [-0.05, 0) is 12.1 Å². The minimum absolute atomic E-state index is 0.151. The molecule has 0 amide bonds. The summed E-state index contributed by atoms with van der Waals surface area (Å²) in [5.41, 5.74) is 0.336. The smallest absolute Gasteiger partial charge is 0.150 e. The van der Waals surface area contributed by atoms with E-state index < -0.39 is 17.9 Å². The first-order valence-corrected chi connectivity index (χ1v) is 4.65. The molecule has 0 radical (unpaired) electrons. The highest BCUT2D eigenvalue weighted by Gasteiger charge is 2.21. The molecule has 1 N–H and O–H groups in total. The molecular formula is C10H11F2NO2. The van der Waals surface area contributed by atoms with Crippen molar-refractivity contribution < 1.29 is 18.6 Å². The van der Waals surface area contributed by atoms with E-state index in [2.05, 4.69) is 0 Å². The van der Waals surface area contributed by atoms with Crippen LogP contribution in [-0.2, 0) is 4.74 Å². The molecular weight excluding hydrogens is 204 g/mol. The summed E-state index contributed by atoms with van der Waals surface area (Å²) in [6.07, 6.45) is -0.847. The predicted molar refractivity (Wildman–Crippen MR) is 50.5 cm³/mol. The van der Waals surface area contributed by atoms with E-state index in [0.29, 0.717) is 18.8 Å². The molecule has 1 aliphatic heterocycles. The molecule has 1 fully saturated rings. The lowest BCUT2D eigenvalue weighted by atomic mass is 10.2. The SMILES string of the molecule is OC1COCCN1c1cc(F)cc(F)c1. The number of hydrogen-bond donors (Lipinski definition) is 1. The molecule has 1 atom stereocenters. The van der Waals surface area contributed by atoms with Gasteiger partial charge in [0.1, 0.15) is 11.6 Å². The maximum Gasteiger partial charge on any atom is 0.150 e. The molecule has 82 valence electrons. The Hall–Kier alpha value is -1.20. The first-order valence-electron chi connectivity index (χ1n) is 4.65. The molecule has 15 heavy (non-hydrogen) atoms. The zero-order valence-corrected chi connectivity index (χ0v) is 7.99. The fourth-order valence-corrected chi connectivity index (χ4v) is 1.60. The molecule has 0 aliphatic carbocycles. The lowest BCUT2D eigenvalue weighted by Crippen LogP contribution is -2.45. The molecule has 3 nitrogen and oxygen atoms in total. The van der Waals surface area contributed by atoms with Crippen LogP contribution in [0.25, 0.3) is 0 Å². The number of benzene rings is 1. The van der Waals surface area contributed by atoms with Crippen LogP contribution in [0.15, 0.2) is 18.2 Å². The Morgan fingerprint density at radius 2 is 1.93 bits per heavy atom. The molecule has 1 heterocycles. The van der Waals surface area contributed by atoms with Crippen LogP contribution in [-0.4, -0.2) is 31.1 Å². The van der Waals surface area contributed by atoms with Crippen molar-refractivity contribution in [3.8, 4) is 0 Å². The molecule has 1 saturated heterocycles. The molecule has 0 saturated carbocycles. The quantitative estimate of drug-likeness (QED) is 0.762. The van der Waals surface area contributed by atoms with Crippen molar-refractivity contribution in [2.45, 2.75) is 6.23 Å². The number of ether oxygens (including phenoxy) is 1. The van der Waals surface area contributed by atoms with E-state index in [1.807, 2.05) is 0 Å². The standard InChI is InChI=1S/C10H11F2NO2/c11-7-3-8(12)5-9(4-7)13-1-2-15-6-10(13)14/h3-5,10,14H,1-2,6H2. The highest BCUT2D eigenvalue weighted by atomic mass is 19.1. The maximum atomic E-state index is 12.9. The number of hydrogen-bond acceptors (Lipinski definition) is 3. The number of rotatable bonds is 1. The Kier molecular flexibility index (Phi) is 2.83. The predicted octanol–water partition coefficient (Wildman–Crippen LogP) is 1.12. The van der Waals surface area contributed by atoms with Crippen LogP contribution in [0.4, 0.5) is 14.5 Å². The number of aliphatic hydroxyl groups excluding tert-OH is 1. The second kappa shape index (κ2) is 4.12. The van der Waals surface area contributed by atoms with E-state index in [4.69, 9.17) is 4.74 Å². The van der Waals surface area contributed by atoms with Crippen LogP contribution in [0.2, 0.25) is 0 Å². The van der Waals surface area contributed by atoms with E-state index in [9.17, 15) is 13.9 Å². The summed E-state index contributed by atoms with van der Waals surface area (Å²) in [6, 6.07) is 3.19. The van der Waals surface area contributed by atoms with Crippen molar-refractivity contribution in [1.29, 1.82) is 0 Å². The molecule has 5 heteroatoms. The molecule has 0 spiro atoms. The van der Waals surface area contributed by atoms with E-state index in [-0.39, 0.29) is 6.61 Å². The zero-order valence-electron chi connectivity index (χ0n) is 7.99. The Morgan fingerprint density at radius 3 is 2.53 bits per heavy atom. The van der Waals surface area contributed by atoms with Crippen molar-refractivity contribution >= 4 is 5.69 Å². The van der Waals surface area contributed by atoms with Gasteiger partial charge in [0.2, 0.25) is 0 Å². The highest BCUT2D eigenvalue weighted by molar-refractivity contribution is 5.47. The van der Waals surface area contributed by atoms with Crippen molar-refractivity contribution in [2.24, 2.45) is 0 Å². The summed E-state index contributed by atoms with van der Waals surface area (Å²) in [7, 11) is 0. The van der Waals surface area contributed by atoms with Crippen LogP contribution in [0, 0.1) is 11.6 Å². The third-order valence-electron chi connectivity index (χ3n) is 2.28. The van der Waals surface area contributed by atoms with Gasteiger partial charge in [0.05, 0.1) is 13.2 Å². The van der Waals surface area contributed by atoms with Crippen LogP contribution < -0.4 is 4.90 Å². The summed E-state index contributed by atoms with van der Waals surface area (Å²) in [6.45, 7) is 1.01. The largest absolute Gasteiger partial charge is 0.375 e. The van der Waals surface area contributed by atoms with Crippen LogP contribution >= 0.6 is 0 Å². The fourth-order valence-electron chi connectivity index (χ4n) is 1.60. The average molecular weight is 215 g/mol. The molecule has 1 aromatic carbocycles. The average Bonchev–Trinajstić information content (AvgIpc) is 2.16. The number of nitrogens with zero attached hydrogens (tertiary/aromatic N) is 1. The summed E-state index contributed by atoms with van der Waals surface area (Å²) < 4.78 is 30.9. The summed E-state index contributed by atoms with van der Waals surface area (Å²) in [5, 5.41) is 9.56. The van der Waals surface area contributed by atoms with Crippen molar-refractivity contribution in [1.82, 2.24) is 0 Å². The number of anilines is 1. The van der Waals surface area contributed by atoms with Crippen molar-refractivity contribution in [2.75, 3.05) is 24.7 Å². The van der Waals surface area contributed by atoms with Gasteiger partial charge in [-0.3, -0.25) is 0 Å². The van der Waals surface area contributed by atoms with Gasteiger partial charge in [0, 0.05) is 18.3 Å². The topological polar surface area (TPSA) is 32.7 Å². The second-order valence-electron chi connectivity index (χ2n) is 3.38. The third-order valence-corrected chi connectivity index (χ3v) is 2.28. The van der Waals surface area contributed by atoms with Crippen LogP contribution in [0.5, 0.6) is 0 Å². The van der Waals surface area contributed by atoms with Crippen LogP contribution in [0.3, 0.4) is 0 Å². The van der Waals surface area contributed by atoms with Gasteiger partial charge in [0.25, 0.3) is 0 Å². The third kappa shape index (κ3) is 2.24. The van der Waals surface area contributed by atoms with E-state index in [1.54, 1.807) is 0 Å². The number of halogens is 2. The number of morpholine rings is 1. The minimum Gasteiger partial charge on any atom is -0.375 e. The number of aliphatic hydroxyl groups is 1. The van der Waals surface area contributed by atoms with Gasteiger partial charge in [-0.1, -0.05) is 0 Å². The molecule has 1 aromatic rings.